The normalized spacial score (nSPS) is 12.1. The summed E-state index contributed by atoms with van der Waals surface area (Å²) in [5.74, 6) is 0.462. The molecule has 0 saturated carbocycles. The van der Waals surface area contributed by atoms with Crippen molar-refractivity contribution in [3.63, 3.8) is 0 Å². The minimum absolute atomic E-state index is 0.227. The van der Waals surface area contributed by atoms with Crippen LogP contribution >= 0.6 is 0 Å². The van der Waals surface area contributed by atoms with Crippen molar-refractivity contribution in [2.24, 2.45) is 5.73 Å². The van der Waals surface area contributed by atoms with Gasteiger partial charge in [0.2, 0.25) is 5.91 Å². The third-order valence-electron chi connectivity index (χ3n) is 2.50. The molecule has 1 atom stereocenters. The Morgan fingerprint density at radius 3 is 2.82 bits per heavy atom. The Kier molecular flexibility index (Phi) is 5.49. The predicted octanol–water partition coefficient (Wildman–Crippen LogP) is 1.61. The number of amides is 1. The average Bonchev–Trinajstić information content (AvgIpc) is 2.29. The second-order valence-electron chi connectivity index (χ2n) is 3.88. The van der Waals surface area contributed by atoms with Crippen molar-refractivity contribution in [1.82, 2.24) is 5.32 Å². The van der Waals surface area contributed by atoms with E-state index in [1.165, 1.54) is 0 Å². The number of hydrogen-bond acceptors (Lipinski definition) is 3. The van der Waals surface area contributed by atoms with Crippen LogP contribution in [0.3, 0.4) is 0 Å². The average molecular weight is 236 g/mol. The fourth-order valence-electron chi connectivity index (χ4n) is 1.65. The fraction of sp³-hybridized carbons (Fsp3) is 0.462. The highest BCUT2D eigenvalue weighted by Gasteiger charge is 2.09. The minimum Gasteiger partial charge on any atom is -0.493 e. The summed E-state index contributed by atoms with van der Waals surface area (Å²) in [4.78, 5) is 10.6. The van der Waals surface area contributed by atoms with Gasteiger partial charge in [0.05, 0.1) is 13.0 Å². The highest BCUT2D eigenvalue weighted by Crippen LogP contribution is 2.24. The van der Waals surface area contributed by atoms with Crippen LogP contribution in [0.4, 0.5) is 0 Å². The van der Waals surface area contributed by atoms with E-state index in [-0.39, 0.29) is 18.4 Å². The summed E-state index contributed by atoms with van der Waals surface area (Å²) in [7, 11) is 0. The SMILES string of the molecule is CCNC(C)c1ccccc1OCCC(N)=O. The second kappa shape index (κ2) is 6.91. The third-order valence-corrected chi connectivity index (χ3v) is 2.50. The largest absolute Gasteiger partial charge is 0.493 e. The highest BCUT2D eigenvalue weighted by atomic mass is 16.5. The molecule has 1 aromatic rings. The lowest BCUT2D eigenvalue weighted by atomic mass is 10.1. The third kappa shape index (κ3) is 4.44. The lowest BCUT2D eigenvalue weighted by Gasteiger charge is -2.17. The van der Waals surface area contributed by atoms with Gasteiger partial charge in [-0.2, -0.15) is 0 Å². The molecule has 0 aromatic heterocycles. The lowest BCUT2D eigenvalue weighted by molar-refractivity contribution is -0.118. The van der Waals surface area contributed by atoms with E-state index in [0.29, 0.717) is 6.61 Å². The lowest BCUT2D eigenvalue weighted by Crippen LogP contribution is -2.19. The summed E-state index contributed by atoms with van der Waals surface area (Å²) in [5.41, 5.74) is 6.17. The number of nitrogens with one attached hydrogen (secondary N) is 1. The van der Waals surface area contributed by atoms with E-state index in [9.17, 15) is 4.79 Å². The molecule has 4 nitrogen and oxygen atoms in total. The van der Waals surface area contributed by atoms with Crippen molar-refractivity contribution in [3.05, 3.63) is 29.8 Å². The Balaban J connectivity index is 2.66. The van der Waals surface area contributed by atoms with Crippen LogP contribution in [0.1, 0.15) is 31.9 Å². The maximum absolute atomic E-state index is 10.6. The van der Waals surface area contributed by atoms with E-state index in [4.69, 9.17) is 10.5 Å². The van der Waals surface area contributed by atoms with Gasteiger partial charge in [0.15, 0.2) is 0 Å². The molecular weight excluding hydrogens is 216 g/mol. The molecule has 17 heavy (non-hydrogen) atoms. The van der Waals surface area contributed by atoms with Gasteiger partial charge in [-0.1, -0.05) is 25.1 Å². The molecule has 1 rings (SSSR count). The zero-order chi connectivity index (χ0) is 12.7. The number of benzene rings is 1. The molecule has 0 aliphatic heterocycles. The number of carbonyl (C=O) groups excluding carboxylic acids is 1. The molecule has 0 aliphatic rings. The summed E-state index contributed by atoms with van der Waals surface area (Å²) < 4.78 is 5.57. The molecule has 0 spiro atoms. The monoisotopic (exact) mass is 236 g/mol. The van der Waals surface area contributed by atoms with Gasteiger partial charge in [0.1, 0.15) is 5.75 Å². The zero-order valence-corrected chi connectivity index (χ0v) is 10.4. The van der Waals surface area contributed by atoms with Crippen LogP contribution in [0.15, 0.2) is 24.3 Å². The van der Waals surface area contributed by atoms with Crippen molar-refractivity contribution in [3.8, 4) is 5.75 Å². The Morgan fingerprint density at radius 2 is 2.18 bits per heavy atom. The zero-order valence-electron chi connectivity index (χ0n) is 10.4. The summed E-state index contributed by atoms with van der Waals surface area (Å²) >= 11 is 0. The molecule has 4 heteroatoms. The number of para-hydroxylation sites is 1. The van der Waals surface area contributed by atoms with Gasteiger partial charge in [-0.05, 0) is 19.5 Å². The summed E-state index contributed by atoms with van der Waals surface area (Å²) in [6.45, 7) is 5.37. The topological polar surface area (TPSA) is 64.3 Å². The van der Waals surface area contributed by atoms with E-state index in [2.05, 4.69) is 19.2 Å². The molecular formula is C13H20N2O2. The van der Waals surface area contributed by atoms with Crippen LogP contribution < -0.4 is 15.8 Å². The van der Waals surface area contributed by atoms with E-state index in [1.54, 1.807) is 0 Å². The summed E-state index contributed by atoms with van der Waals surface area (Å²) in [6.07, 6.45) is 0.240. The van der Waals surface area contributed by atoms with Crippen molar-refractivity contribution in [1.29, 1.82) is 0 Å². The van der Waals surface area contributed by atoms with Crippen molar-refractivity contribution >= 4 is 5.91 Å². The number of rotatable bonds is 7. The standard InChI is InChI=1S/C13H20N2O2/c1-3-15-10(2)11-6-4-5-7-12(11)17-9-8-13(14)16/h4-7,10,15H,3,8-9H2,1-2H3,(H2,14,16). The molecule has 0 bridgehead atoms. The fourth-order valence-corrected chi connectivity index (χ4v) is 1.65. The molecule has 0 saturated heterocycles. The van der Waals surface area contributed by atoms with E-state index < -0.39 is 0 Å². The van der Waals surface area contributed by atoms with Crippen LogP contribution in [0.2, 0.25) is 0 Å². The van der Waals surface area contributed by atoms with Crippen molar-refractivity contribution < 1.29 is 9.53 Å². The Labute approximate surface area is 102 Å². The smallest absolute Gasteiger partial charge is 0.220 e. The highest BCUT2D eigenvalue weighted by molar-refractivity contribution is 5.73. The van der Waals surface area contributed by atoms with Gasteiger partial charge in [-0.15, -0.1) is 0 Å². The Hall–Kier alpha value is -1.55. The second-order valence-corrected chi connectivity index (χ2v) is 3.88. The van der Waals surface area contributed by atoms with Gasteiger partial charge >= 0.3 is 0 Å². The summed E-state index contributed by atoms with van der Waals surface area (Å²) in [5, 5.41) is 3.33. The van der Waals surface area contributed by atoms with Crippen LogP contribution in [0.5, 0.6) is 5.75 Å². The molecule has 0 aliphatic carbocycles. The molecule has 0 heterocycles. The van der Waals surface area contributed by atoms with Gasteiger partial charge in [0, 0.05) is 11.6 Å². The van der Waals surface area contributed by atoms with E-state index in [0.717, 1.165) is 17.9 Å². The number of ether oxygens (including phenoxy) is 1. The first-order valence-corrected chi connectivity index (χ1v) is 5.88. The molecule has 3 N–H and O–H groups in total. The first kappa shape index (κ1) is 13.5. The molecule has 1 aromatic carbocycles. The van der Waals surface area contributed by atoms with Crippen molar-refractivity contribution in [2.45, 2.75) is 26.3 Å². The molecule has 0 radical (unpaired) electrons. The molecule has 0 fully saturated rings. The van der Waals surface area contributed by atoms with Gasteiger partial charge < -0.3 is 15.8 Å². The Morgan fingerprint density at radius 1 is 1.47 bits per heavy atom. The number of nitrogens with two attached hydrogens (primary N) is 1. The van der Waals surface area contributed by atoms with Crippen LogP contribution in [-0.4, -0.2) is 19.1 Å². The van der Waals surface area contributed by atoms with Gasteiger partial charge in [-0.3, -0.25) is 4.79 Å². The van der Waals surface area contributed by atoms with Gasteiger partial charge in [-0.25, -0.2) is 0 Å². The van der Waals surface area contributed by atoms with E-state index >= 15 is 0 Å². The maximum atomic E-state index is 10.6. The Bertz CT molecular complexity index is 366. The minimum atomic E-state index is -0.345. The van der Waals surface area contributed by atoms with Gasteiger partial charge in [0.25, 0.3) is 0 Å². The maximum Gasteiger partial charge on any atom is 0.220 e. The van der Waals surface area contributed by atoms with Crippen molar-refractivity contribution in [2.75, 3.05) is 13.2 Å². The van der Waals surface area contributed by atoms with Crippen LogP contribution in [0, 0.1) is 0 Å². The molecule has 1 amide bonds. The number of primary amides is 1. The van der Waals surface area contributed by atoms with Crippen LogP contribution in [-0.2, 0) is 4.79 Å². The first-order valence-electron chi connectivity index (χ1n) is 5.88. The quantitative estimate of drug-likeness (QED) is 0.756. The number of hydrogen-bond donors (Lipinski definition) is 2. The van der Waals surface area contributed by atoms with E-state index in [1.807, 2.05) is 24.3 Å². The summed E-state index contributed by atoms with van der Waals surface area (Å²) in [6, 6.07) is 8.05. The first-order chi connectivity index (χ1) is 8.15. The molecule has 1 unspecified atom stereocenters. The number of carbonyl (C=O) groups is 1. The predicted molar refractivity (Wildman–Crippen MR) is 67.8 cm³/mol. The van der Waals surface area contributed by atoms with Crippen LogP contribution in [0.25, 0.3) is 0 Å². The molecule has 94 valence electrons.